The Morgan fingerprint density at radius 2 is 1.63 bits per heavy atom. The molecular weight excluding hydrogens is 368 g/mol. The number of hydrogen-bond donors (Lipinski definition) is 1. The van der Waals surface area contributed by atoms with Crippen molar-refractivity contribution in [3.8, 4) is 11.5 Å². The van der Waals surface area contributed by atoms with E-state index in [1.165, 1.54) is 0 Å². The zero-order valence-corrected chi connectivity index (χ0v) is 16.5. The van der Waals surface area contributed by atoms with Gasteiger partial charge in [-0.1, -0.05) is 6.92 Å². The van der Waals surface area contributed by atoms with Gasteiger partial charge < -0.3 is 14.8 Å². The van der Waals surface area contributed by atoms with Gasteiger partial charge in [0, 0.05) is 5.69 Å². The third-order valence-corrected chi connectivity index (χ3v) is 4.80. The highest BCUT2D eigenvalue weighted by atomic mass is 32.2. The van der Waals surface area contributed by atoms with Crippen molar-refractivity contribution in [1.29, 1.82) is 0 Å². The average Bonchev–Trinajstić information content (AvgIpc) is 2.65. The van der Waals surface area contributed by atoms with E-state index in [1.54, 1.807) is 55.6 Å². The lowest BCUT2D eigenvalue weighted by atomic mass is 10.3. The van der Waals surface area contributed by atoms with E-state index in [0.717, 1.165) is 17.0 Å². The number of carbonyl (C=O) groups excluding carboxylic acids is 1. The molecule has 7 nitrogen and oxygen atoms in total. The first-order valence-electron chi connectivity index (χ1n) is 8.48. The summed E-state index contributed by atoms with van der Waals surface area (Å²) in [4.78, 5) is 12.3. The fourth-order valence-electron chi connectivity index (χ4n) is 2.33. The third-order valence-electron chi connectivity index (χ3n) is 3.66. The maximum absolute atomic E-state index is 12.3. The lowest BCUT2D eigenvalue weighted by molar-refractivity contribution is -0.114. The van der Waals surface area contributed by atoms with Crippen LogP contribution in [0.5, 0.6) is 11.5 Å². The summed E-state index contributed by atoms with van der Waals surface area (Å²) < 4.78 is 35.9. The third kappa shape index (κ3) is 6.18. The Morgan fingerprint density at radius 1 is 1.04 bits per heavy atom. The minimum absolute atomic E-state index is 0.333. The molecule has 0 aliphatic rings. The SMILES string of the molecule is CCCOc1ccc(N(CC(=O)Nc2ccc(OC)cc2)S(C)(=O)=O)cc1. The second-order valence-corrected chi connectivity index (χ2v) is 7.80. The van der Waals surface area contributed by atoms with E-state index in [0.29, 0.717) is 29.5 Å². The van der Waals surface area contributed by atoms with E-state index in [1.807, 2.05) is 6.92 Å². The first-order chi connectivity index (χ1) is 12.8. The van der Waals surface area contributed by atoms with Crippen LogP contribution in [0.2, 0.25) is 0 Å². The van der Waals surface area contributed by atoms with Crippen LogP contribution in [0.15, 0.2) is 48.5 Å². The fourth-order valence-corrected chi connectivity index (χ4v) is 3.19. The second-order valence-electron chi connectivity index (χ2n) is 5.89. The maximum atomic E-state index is 12.3. The number of nitrogens with zero attached hydrogens (tertiary/aromatic N) is 1. The van der Waals surface area contributed by atoms with Crippen LogP contribution in [0, 0.1) is 0 Å². The average molecular weight is 392 g/mol. The van der Waals surface area contributed by atoms with Crippen molar-refractivity contribution < 1.29 is 22.7 Å². The van der Waals surface area contributed by atoms with E-state index >= 15 is 0 Å². The van der Waals surface area contributed by atoms with Crippen molar-refractivity contribution in [3.05, 3.63) is 48.5 Å². The van der Waals surface area contributed by atoms with Gasteiger partial charge in [-0.25, -0.2) is 8.42 Å². The highest BCUT2D eigenvalue weighted by Crippen LogP contribution is 2.22. The maximum Gasteiger partial charge on any atom is 0.245 e. The fraction of sp³-hybridized carbons (Fsp3) is 0.316. The summed E-state index contributed by atoms with van der Waals surface area (Å²) in [5.41, 5.74) is 0.948. The molecule has 2 aromatic carbocycles. The molecule has 0 aromatic heterocycles. The Kier molecular flexibility index (Phi) is 7.06. The molecule has 27 heavy (non-hydrogen) atoms. The molecule has 0 heterocycles. The minimum atomic E-state index is -3.63. The van der Waals surface area contributed by atoms with Gasteiger partial charge in [-0.2, -0.15) is 0 Å². The normalized spacial score (nSPS) is 10.9. The van der Waals surface area contributed by atoms with Crippen molar-refractivity contribution >= 4 is 27.3 Å². The Balaban J connectivity index is 2.10. The summed E-state index contributed by atoms with van der Waals surface area (Å²) in [6.45, 7) is 2.25. The lowest BCUT2D eigenvalue weighted by Gasteiger charge is -2.22. The molecule has 0 bridgehead atoms. The number of nitrogens with one attached hydrogen (secondary N) is 1. The number of amides is 1. The largest absolute Gasteiger partial charge is 0.497 e. The van der Waals surface area contributed by atoms with Gasteiger partial charge >= 0.3 is 0 Å². The number of methoxy groups -OCH3 is 1. The first-order valence-corrected chi connectivity index (χ1v) is 10.3. The number of anilines is 2. The molecule has 0 aliphatic heterocycles. The molecular formula is C19H24N2O5S. The van der Waals surface area contributed by atoms with Crippen molar-refractivity contribution in [2.75, 3.05) is 36.1 Å². The summed E-state index contributed by atoms with van der Waals surface area (Å²) in [7, 11) is -2.08. The zero-order chi connectivity index (χ0) is 19.9. The number of rotatable bonds is 9. The molecule has 0 unspecified atom stereocenters. The molecule has 0 aliphatic carbocycles. The Labute approximate surface area is 160 Å². The first kappa shape index (κ1) is 20.6. The minimum Gasteiger partial charge on any atom is -0.497 e. The van der Waals surface area contributed by atoms with E-state index in [9.17, 15) is 13.2 Å². The molecule has 0 saturated carbocycles. The highest BCUT2D eigenvalue weighted by molar-refractivity contribution is 7.92. The molecule has 8 heteroatoms. The van der Waals surface area contributed by atoms with Crippen molar-refractivity contribution in [2.45, 2.75) is 13.3 Å². The Morgan fingerprint density at radius 3 is 2.15 bits per heavy atom. The van der Waals surface area contributed by atoms with Crippen molar-refractivity contribution in [1.82, 2.24) is 0 Å². The summed E-state index contributed by atoms with van der Waals surface area (Å²) in [6, 6.07) is 13.4. The smallest absolute Gasteiger partial charge is 0.245 e. The standard InChI is InChI=1S/C19H24N2O5S/c1-4-13-26-18-11-7-16(8-12-18)21(27(3,23)24)14-19(22)20-15-5-9-17(25-2)10-6-15/h5-12H,4,13-14H2,1-3H3,(H,20,22). The van der Waals surface area contributed by atoms with Gasteiger partial charge in [0.1, 0.15) is 18.0 Å². The van der Waals surface area contributed by atoms with Crippen LogP contribution in [0.25, 0.3) is 0 Å². The summed E-state index contributed by atoms with van der Waals surface area (Å²) in [5, 5.41) is 2.68. The number of carbonyl (C=O) groups is 1. The predicted molar refractivity (Wildman–Crippen MR) is 106 cm³/mol. The quantitative estimate of drug-likeness (QED) is 0.709. The molecule has 2 aromatic rings. The topological polar surface area (TPSA) is 84.9 Å². The number of sulfonamides is 1. The van der Waals surface area contributed by atoms with Crippen molar-refractivity contribution in [2.24, 2.45) is 0 Å². The van der Waals surface area contributed by atoms with Crippen LogP contribution in [0.3, 0.4) is 0 Å². The van der Waals surface area contributed by atoms with E-state index in [2.05, 4.69) is 5.32 Å². The molecule has 1 N–H and O–H groups in total. The van der Waals surface area contributed by atoms with E-state index in [4.69, 9.17) is 9.47 Å². The molecule has 0 atom stereocenters. The molecule has 0 fully saturated rings. The van der Waals surface area contributed by atoms with Crippen molar-refractivity contribution in [3.63, 3.8) is 0 Å². The molecule has 146 valence electrons. The molecule has 2 rings (SSSR count). The van der Waals surface area contributed by atoms with Gasteiger partial charge in [-0.05, 0) is 55.0 Å². The van der Waals surface area contributed by atoms with E-state index < -0.39 is 15.9 Å². The molecule has 1 amide bonds. The number of ether oxygens (including phenoxy) is 2. The van der Waals surface area contributed by atoms with Crippen LogP contribution >= 0.6 is 0 Å². The predicted octanol–water partition coefficient (Wildman–Crippen LogP) is 2.89. The van der Waals surface area contributed by atoms with Crippen LogP contribution < -0.4 is 19.1 Å². The van der Waals surface area contributed by atoms with Gasteiger partial charge in [0.05, 0.1) is 25.7 Å². The lowest BCUT2D eigenvalue weighted by Crippen LogP contribution is -2.37. The monoisotopic (exact) mass is 392 g/mol. The van der Waals surface area contributed by atoms with Gasteiger partial charge in [0.25, 0.3) is 0 Å². The molecule has 0 saturated heterocycles. The van der Waals surface area contributed by atoms with Crippen LogP contribution in [-0.2, 0) is 14.8 Å². The highest BCUT2D eigenvalue weighted by Gasteiger charge is 2.21. The van der Waals surface area contributed by atoms with Gasteiger partial charge in [-0.15, -0.1) is 0 Å². The second kappa shape index (κ2) is 9.27. The van der Waals surface area contributed by atoms with E-state index in [-0.39, 0.29) is 6.54 Å². The summed E-state index contributed by atoms with van der Waals surface area (Å²) >= 11 is 0. The Bertz CT molecular complexity index is 849. The van der Waals surface area contributed by atoms with Crippen LogP contribution in [0.4, 0.5) is 11.4 Å². The zero-order valence-electron chi connectivity index (χ0n) is 15.6. The molecule has 0 spiro atoms. The summed E-state index contributed by atoms with van der Waals surface area (Å²) in [5.74, 6) is 0.866. The number of benzene rings is 2. The van der Waals surface area contributed by atoms with Crippen LogP contribution in [-0.4, -0.2) is 40.8 Å². The molecule has 0 radical (unpaired) electrons. The van der Waals surface area contributed by atoms with Gasteiger partial charge in [-0.3, -0.25) is 9.10 Å². The number of hydrogen-bond acceptors (Lipinski definition) is 5. The van der Waals surface area contributed by atoms with Gasteiger partial charge in [0.2, 0.25) is 15.9 Å². The van der Waals surface area contributed by atoms with Gasteiger partial charge in [0.15, 0.2) is 0 Å². The Hall–Kier alpha value is -2.74. The van der Waals surface area contributed by atoms with Crippen LogP contribution in [0.1, 0.15) is 13.3 Å². The summed E-state index contributed by atoms with van der Waals surface area (Å²) in [6.07, 6.45) is 1.94.